The molecule has 2 atom stereocenters. The monoisotopic (exact) mass is 279 g/mol. The van der Waals surface area contributed by atoms with Crippen LogP contribution in [0.4, 0.5) is 0 Å². The van der Waals surface area contributed by atoms with Crippen LogP contribution in [0, 0.1) is 0 Å². The van der Waals surface area contributed by atoms with Crippen molar-refractivity contribution in [2.45, 2.75) is 25.5 Å². The molecule has 108 valence electrons. The Balaban J connectivity index is 2.48. The second-order valence-corrected chi connectivity index (χ2v) is 4.91. The molecule has 0 aliphatic rings. The lowest BCUT2D eigenvalue weighted by atomic mass is 10.0. The van der Waals surface area contributed by atoms with Crippen molar-refractivity contribution in [1.29, 1.82) is 0 Å². The van der Waals surface area contributed by atoms with Gasteiger partial charge in [-0.05, 0) is 6.42 Å². The third-order valence-corrected chi connectivity index (χ3v) is 3.44. The molecule has 0 aromatic heterocycles. The summed E-state index contributed by atoms with van der Waals surface area (Å²) < 4.78 is 0. The second kappa shape index (κ2) is 7.55. The van der Waals surface area contributed by atoms with Crippen LogP contribution in [0.5, 0.6) is 0 Å². The van der Waals surface area contributed by atoms with Gasteiger partial charge in [0.2, 0.25) is 0 Å². The molecule has 0 fully saturated rings. The molecule has 2 aromatic rings. The number of hydrogen-bond donors (Lipinski definition) is 1. The molecular weight excluding hydrogens is 258 g/mol. The predicted molar refractivity (Wildman–Crippen MR) is 88.8 cm³/mol. The molecule has 2 rings (SSSR count). The van der Waals surface area contributed by atoms with E-state index in [0.717, 1.165) is 23.3 Å². The van der Waals surface area contributed by atoms with Crippen LogP contribution in [0.1, 0.15) is 24.5 Å². The summed E-state index contributed by atoms with van der Waals surface area (Å²) in [6.45, 7) is 5.69. The van der Waals surface area contributed by atoms with E-state index in [0.29, 0.717) is 0 Å². The van der Waals surface area contributed by atoms with E-state index in [1.54, 1.807) is 6.08 Å². The Morgan fingerprint density at radius 1 is 1.05 bits per heavy atom. The van der Waals surface area contributed by atoms with Crippen LogP contribution in [0.2, 0.25) is 0 Å². The molecule has 1 N–H and O–H groups in total. The fourth-order valence-electron chi connectivity index (χ4n) is 2.24. The molecule has 0 unspecified atom stereocenters. The standard InChI is InChI=1S/C19H21NO/c1-3-17(18(21)4-2)20-19(15-11-7-5-8-12-15)16-13-9-6-10-14-16/h4-14,17-18,21H,2-3H2,1H3/t17-,18+/m1/s1. The van der Waals surface area contributed by atoms with Crippen molar-refractivity contribution in [2.24, 2.45) is 4.99 Å². The van der Waals surface area contributed by atoms with Gasteiger partial charge in [-0.3, -0.25) is 4.99 Å². The molecule has 0 bridgehead atoms. The number of aliphatic imine (C=N–C) groups is 1. The Morgan fingerprint density at radius 2 is 1.52 bits per heavy atom. The van der Waals surface area contributed by atoms with E-state index < -0.39 is 6.10 Å². The summed E-state index contributed by atoms with van der Waals surface area (Å²) in [7, 11) is 0. The van der Waals surface area contributed by atoms with Crippen molar-refractivity contribution >= 4 is 5.71 Å². The minimum absolute atomic E-state index is 0.182. The minimum atomic E-state index is -0.627. The Hall–Kier alpha value is -2.19. The smallest absolute Gasteiger partial charge is 0.0941 e. The average Bonchev–Trinajstić information content (AvgIpc) is 2.57. The number of aliphatic hydroxyl groups excluding tert-OH is 1. The van der Waals surface area contributed by atoms with Gasteiger partial charge < -0.3 is 5.11 Å². The van der Waals surface area contributed by atoms with Gasteiger partial charge in [0.25, 0.3) is 0 Å². The maximum Gasteiger partial charge on any atom is 0.0941 e. The Morgan fingerprint density at radius 3 is 1.90 bits per heavy atom. The van der Waals surface area contributed by atoms with E-state index in [1.165, 1.54) is 0 Å². The van der Waals surface area contributed by atoms with Crippen LogP contribution >= 0.6 is 0 Å². The molecule has 0 aliphatic heterocycles. The first-order chi connectivity index (χ1) is 10.3. The van der Waals surface area contributed by atoms with Gasteiger partial charge in [-0.25, -0.2) is 0 Å². The van der Waals surface area contributed by atoms with E-state index in [4.69, 9.17) is 4.99 Å². The third-order valence-electron chi connectivity index (χ3n) is 3.44. The van der Waals surface area contributed by atoms with Crippen molar-refractivity contribution in [3.05, 3.63) is 84.4 Å². The first-order valence-corrected chi connectivity index (χ1v) is 7.25. The van der Waals surface area contributed by atoms with Crippen LogP contribution in [-0.4, -0.2) is 23.0 Å². The zero-order valence-corrected chi connectivity index (χ0v) is 12.3. The molecule has 0 saturated heterocycles. The molecule has 0 spiro atoms. The van der Waals surface area contributed by atoms with Gasteiger partial charge >= 0.3 is 0 Å². The number of rotatable bonds is 6. The highest BCUT2D eigenvalue weighted by Crippen LogP contribution is 2.15. The number of aliphatic hydroxyl groups is 1. The normalized spacial score (nSPS) is 13.2. The molecular formula is C19H21NO. The summed E-state index contributed by atoms with van der Waals surface area (Å²) in [4.78, 5) is 4.80. The average molecular weight is 279 g/mol. The zero-order chi connectivity index (χ0) is 15.1. The topological polar surface area (TPSA) is 32.6 Å². The quantitative estimate of drug-likeness (QED) is 0.632. The number of hydrogen-bond acceptors (Lipinski definition) is 2. The highest BCUT2D eigenvalue weighted by molar-refractivity contribution is 6.12. The fourth-order valence-corrected chi connectivity index (χ4v) is 2.24. The fraction of sp³-hybridized carbons (Fsp3) is 0.211. The van der Waals surface area contributed by atoms with Gasteiger partial charge in [0.1, 0.15) is 0 Å². The van der Waals surface area contributed by atoms with Gasteiger partial charge in [-0.2, -0.15) is 0 Å². The van der Waals surface area contributed by atoms with Gasteiger partial charge in [-0.1, -0.05) is 73.7 Å². The molecule has 2 nitrogen and oxygen atoms in total. The van der Waals surface area contributed by atoms with Crippen LogP contribution < -0.4 is 0 Å². The van der Waals surface area contributed by atoms with Crippen molar-refractivity contribution in [3.63, 3.8) is 0 Å². The molecule has 2 heteroatoms. The van der Waals surface area contributed by atoms with E-state index in [2.05, 4.69) is 6.58 Å². The largest absolute Gasteiger partial charge is 0.387 e. The summed E-state index contributed by atoms with van der Waals surface area (Å²) >= 11 is 0. The summed E-state index contributed by atoms with van der Waals surface area (Å²) in [5.74, 6) is 0. The van der Waals surface area contributed by atoms with Crippen molar-refractivity contribution < 1.29 is 5.11 Å². The summed E-state index contributed by atoms with van der Waals surface area (Å²) in [6.07, 6.45) is 1.68. The van der Waals surface area contributed by atoms with Gasteiger partial charge in [-0.15, -0.1) is 6.58 Å². The highest BCUT2D eigenvalue weighted by Gasteiger charge is 2.15. The Kier molecular flexibility index (Phi) is 5.47. The predicted octanol–water partition coefficient (Wildman–Crippen LogP) is 3.85. The van der Waals surface area contributed by atoms with Gasteiger partial charge in [0, 0.05) is 11.1 Å². The first-order valence-electron chi connectivity index (χ1n) is 7.25. The van der Waals surface area contributed by atoms with Crippen LogP contribution in [-0.2, 0) is 0 Å². The summed E-state index contributed by atoms with van der Waals surface area (Å²) in [5.41, 5.74) is 3.01. The minimum Gasteiger partial charge on any atom is -0.387 e. The molecule has 0 heterocycles. The molecule has 0 aliphatic carbocycles. The van der Waals surface area contributed by atoms with E-state index in [9.17, 15) is 5.11 Å². The molecule has 0 saturated carbocycles. The third kappa shape index (κ3) is 3.89. The second-order valence-electron chi connectivity index (χ2n) is 4.91. The van der Waals surface area contributed by atoms with Crippen molar-refractivity contribution in [2.75, 3.05) is 0 Å². The van der Waals surface area contributed by atoms with Crippen LogP contribution in [0.15, 0.2) is 78.3 Å². The van der Waals surface area contributed by atoms with Crippen molar-refractivity contribution in [3.8, 4) is 0 Å². The lowest BCUT2D eigenvalue weighted by Gasteiger charge is -2.17. The summed E-state index contributed by atoms with van der Waals surface area (Å²) in [5, 5.41) is 10.0. The van der Waals surface area contributed by atoms with Gasteiger partial charge in [0.15, 0.2) is 0 Å². The lowest BCUT2D eigenvalue weighted by Crippen LogP contribution is -2.23. The van der Waals surface area contributed by atoms with Crippen LogP contribution in [0.3, 0.4) is 0 Å². The molecule has 0 radical (unpaired) electrons. The number of benzene rings is 2. The van der Waals surface area contributed by atoms with E-state index >= 15 is 0 Å². The highest BCUT2D eigenvalue weighted by atomic mass is 16.3. The lowest BCUT2D eigenvalue weighted by molar-refractivity contribution is 0.190. The summed E-state index contributed by atoms with van der Waals surface area (Å²) in [6, 6.07) is 20.0. The van der Waals surface area contributed by atoms with E-state index in [-0.39, 0.29) is 6.04 Å². The Bertz CT molecular complexity index is 548. The molecule has 21 heavy (non-hydrogen) atoms. The molecule has 0 amide bonds. The maximum atomic E-state index is 10.0. The maximum absolute atomic E-state index is 10.0. The first kappa shape index (κ1) is 15.2. The van der Waals surface area contributed by atoms with Gasteiger partial charge in [0.05, 0.1) is 17.9 Å². The Labute approximate surface area is 126 Å². The van der Waals surface area contributed by atoms with Crippen molar-refractivity contribution in [1.82, 2.24) is 0 Å². The number of nitrogens with zero attached hydrogens (tertiary/aromatic N) is 1. The van der Waals surface area contributed by atoms with Crippen LogP contribution in [0.25, 0.3) is 0 Å². The van der Waals surface area contributed by atoms with E-state index in [1.807, 2.05) is 67.6 Å². The SMILES string of the molecule is C=C[C@H](O)[C@@H](CC)N=C(c1ccccc1)c1ccccc1. The zero-order valence-electron chi connectivity index (χ0n) is 12.3. The molecule has 2 aromatic carbocycles.